The minimum absolute atomic E-state index is 0.245. The third kappa shape index (κ3) is 5.57. The number of hydrogen-bond acceptors (Lipinski definition) is 6. The third-order valence-corrected chi connectivity index (χ3v) is 4.97. The van der Waals surface area contributed by atoms with Gasteiger partial charge in [0, 0.05) is 17.8 Å². The van der Waals surface area contributed by atoms with E-state index in [1.165, 1.54) is 11.3 Å². The van der Waals surface area contributed by atoms with Crippen molar-refractivity contribution in [3.8, 4) is 0 Å². The molecule has 0 radical (unpaired) electrons. The van der Waals surface area contributed by atoms with Gasteiger partial charge in [-0.25, -0.2) is 9.59 Å². The van der Waals surface area contributed by atoms with Crippen LogP contribution in [0.3, 0.4) is 0 Å². The van der Waals surface area contributed by atoms with Crippen LogP contribution in [-0.2, 0) is 15.9 Å². The summed E-state index contributed by atoms with van der Waals surface area (Å²) in [6.45, 7) is 8.86. The summed E-state index contributed by atoms with van der Waals surface area (Å²) in [7, 11) is 0. The first kappa shape index (κ1) is 21.0. The Hall–Kier alpha value is -2.34. The molecule has 0 aliphatic rings. The van der Waals surface area contributed by atoms with Crippen LogP contribution in [0.1, 0.15) is 58.9 Å². The van der Waals surface area contributed by atoms with Crippen LogP contribution < -0.4 is 5.32 Å². The van der Waals surface area contributed by atoms with Gasteiger partial charge in [0.1, 0.15) is 10.6 Å². The van der Waals surface area contributed by atoms with Gasteiger partial charge in [-0.05, 0) is 25.3 Å². The van der Waals surface area contributed by atoms with Gasteiger partial charge in [0.25, 0.3) is 0 Å². The average Bonchev–Trinajstić information content (AvgIpc) is 2.99. The predicted molar refractivity (Wildman–Crippen MR) is 109 cm³/mol. The largest absolute Gasteiger partial charge is 0.462 e. The number of nitrogens with one attached hydrogen (secondary N) is 1. The fourth-order valence-corrected chi connectivity index (χ4v) is 3.84. The molecule has 2 rings (SSSR count). The number of esters is 2. The molecule has 146 valence electrons. The van der Waals surface area contributed by atoms with E-state index in [4.69, 9.17) is 9.47 Å². The molecule has 0 unspecified atom stereocenters. The Bertz CT molecular complexity index is 768. The van der Waals surface area contributed by atoms with Gasteiger partial charge in [-0.3, -0.25) is 0 Å². The zero-order valence-corrected chi connectivity index (χ0v) is 17.2. The number of anilines is 1. The molecule has 1 heterocycles. The predicted octanol–water partition coefficient (Wildman–Crippen LogP) is 4.76. The minimum Gasteiger partial charge on any atom is -0.462 e. The summed E-state index contributed by atoms with van der Waals surface area (Å²) in [5.74, 6) is -0.589. The number of ether oxygens (including phenoxy) is 2. The van der Waals surface area contributed by atoms with E-state index in [-0.39, 0.29) is 18.8 Å². The minimum atomic E-state index is -0.498. The molecule has 1 aromatic heterocycles. The molecule has 0 atom stereocenters. The Morgan fingerprint density at radius 2 is 1.59 bits per heavy atom. The number of benzene rings is 1. The Labute approximate surface area is 164 Å². The standard InChI is InChI=1S/C21H27NO4S/c1-5-25-20(23)17-16(12-15-10-8-7-9-11-15)27-19(22-13-14(3)4)18(17)21(24)26-6-2/h7-11,14,22H,5-6,12-13H2,1-4H3. The third-order valence-electron chi connectivity index (χ3n) is 3.82. The van der Waals surface area contributed by atoms with E-state index in [0.29, 0.717) is 29.4 Å². The molecule has 0 fully saturated rings. The smallest absolute Gasteiger partial charge is 0.342 e. The molecular formula is C21H27NO4S. The van der Waals surface area contributed by atoms with Crippen molar-refractivity contribution in [2.24, 2.45) is 5.92 Å². The van der Waals surface area contributed by atoms with Gasteiger partial charge >= 0.3 is 11.9 Å². The van der Waals surface area contributed by atoms with Crippen LogP contribution in [0.2, 0.25) is 0 Å². The van der Waals surface area contributed by atoms with Crippen molar-refractivity contribution < 1.29 is 19.1 Å². The molecule has 27 heavy (non-hydrogen) atoms. The number of carbonyl (C=O) groups excluding carboxylic acids is 2. The lowest BCUT2D eigenvalue weighted by Gasteiger charge is -2.10. The van der Waals surface area contributed by atoms with Crippen LogP contribution >= 0.6 is 11.3 Å². The second kappa shape index (κ2) is 10.1. The Balaban J connectivity index is 2.53. The van der Waals surface area contributed by atoms with Crippen molar-refractivity contribution in [3.05, 3.63) is 51.9 Å². The summed E-state index contributed by atoms with van der Waals surface area (Å²) in [5, 5.41) is 3.97. The van der Waals surface area contributed by atoms with Crippen LogP contribution in [0.15, 0.2) is 30.3 Å². The van der Waals surface area contributed by atoms with E-state index in [1.807, 2.05) is 30.3 Å². The first-order valence-corrected chi connectivity index (χ1v) is 10.1. The lowest BCUT2D eigenvalue weighted by Crippen LogP contribution is -2.16. The second-order valence-electron chi connectivity index (χ2n) is 6.48. The summed E-state index contributed by atoms with van der Waals surface area (Å²) >= 11 is 1.42. The number of rotatable bonds is 9. The van der Waals surface area contributed by atoms with Crippen LogP contribution in [0.25, 0.3) is 0 Å². The molecule has 2 aromatic rings. The highest BCUT2D eigenvalue weighted by Crippen LogP contribution is 2.36. The summed E-state index contributed by atoms with van der Waals surface area (Å²) in [5.41, 5.74) is 1.66. The number of thiophene rings is 1. The second-order valence-corrected chi connectivity index (χ2v) is 7.59. The Morgan fingerprint density at radius 1 is 1.00 bits per heavy atom. The molecule has 5 nitrogen and oxygen atoms in total. The van der Waals surface area contributed by atoms with E-state index < -0.39 is 11.9 Å². The fourth-order valence-electron chi connectivity index (χ4n) is 2.62. The zero-order valence-electron chi connectivity index (χ0n) is 16.3. The van der Waals surface area contributed by atoms with Gasteiger partial charge in [-0.1, -0.05) is 44.2 Å². The van der Waals surface area contributed by atoms with Gasteiger partial charge < -0.3 is 14.8 Å². The van der Waals surface area contributed by atoms with E-state index in [2.05, 4.69) is 19.2 Å². The van der Waals surface area contributed by atoms with Crippen LogP contribution in [-0.4, -0.2) is 31.7 Å². The molecule has 1 aromatic carbocycles. The van der Waals surface area contributed by atoms with Crippen LogP contribution in [0, 0.1) is 5.92 Å². The van der Waals surface area contributed by atoms with Gasteiger partial charge in [0.05, 0.1) is 18.8 Å². The number of carbonyl (C=O) groups is 2. The van der Waals surface area contributed by atoms with Crippen LogP contribution in [0.5, 0.6) is 0 Å². The van der Waals surface area contributed by atoms with Gasteiger partial charge in [-0.15, -0.1) is 11.3 Å². The first-order chi connectivity index (χ1) is 13.0. The molecule has 6 heteroatoms. The monoisotopic (exact) mass is 389 g/mol. The molecule has 0 amide bonds. The highest BCUT2D eigenvalue weighted by molar-refractivity contribution is 7.17. The zero-order chi connectivity index (χ0) is 19.8. The van der Waals surface area contributed by atoms with Gasteiger partial charge in [0.2, 0.25) is 0 Å². The molecule has 0 spiro atoms. The van der Waals surface area contributed by atoms with Crippen molar-refractivity contribution in [1.29, 1.82) is 0 Å². The maximum absolute atomic E-state index is 12.7. The molecule has 0 saturated heterocycles. The summed E-state index contributed by atoms with van der Waals surface area (Å²) in [6, 6.07) is 9.86. The van der Waals surface area contributed by atoms with E-state index >= 15 is 0 Å². The fraction of sp³-hybridized carbons (Fsp3) is 0.429. The van der Waals surface area contributed by atoms with E-state index in [9.17, 15) is 9.59 Å². The first-order valence-electron chi connectivity index (χ1n) is 9.25. The van der Waals surface area contributed by atoms with E-state index in [1.54, 1.807) is 13.8 Å². The maximum atomic E-state index is 12.7. The lowest BCUT2D eigenvalue weighted by atomic mass is 10.0. The van der Waals surface area contributed by atoms with Crippen molar-refractivity contribution in [3.63, 3.8) is 0 Å². The van der Waals surface area contributed by atoms with Crippen molar-refractivity contribution in [2.75, 3.05) is 25.1 Å². The van der Waals surface area contributed by atoms with Gasteiger partial charge in [0.15, 0.2) is 0 Å². The quantitative estimate of drug-likeness (QED) is 0.627. The highest BCUT2D eigenvalue weighted by atomic mass is 32.1. The molecule has 0 saturated carbocycles. The Kier molecular flexibility index (Phi) is 7.85. The molecule has 0 bridgehead atoms. The number of hydrogen-bond donors (Lipinski definition) is 1. The normalized spacial score (nSPS) is 10.7. The van der Waals surface area contributed by atoms with Crippen LogP contribution in [0.4, 0.5) is 5.00 Å². The van der Waals surface area contributed by atoms with E-state index in [0.717, 1.165) is 10.4 Å². The average molecular weight is 390 g/mol. The SMILES string of the molecule is CCOC(=O)c1c(Cc2ccccc2)sc(NCC(C)C)c1C(=O)OCC. The lowest BCUT2D eigenvalue weighted by molar-refractivity contribution is 0.0480. The summed E-state index contributed by atoms with van der Waals surface area (Å²) < 4.78 is 10.5. The summed E-state index contributed by atoms with van der Waals surface area (Å²) in [6.07, 6.45) is 0.551. The topological polar surface area (TPSA) is 64.6 Å². The molecule has 1 N–H and O–H groups in total. The van der Waals surface area contributed by atoms with Crippen molar-refractivity contribution >= 4 is 28.3 Å². The van der Waals surface area contributed by atoms with Crippen molar-refractivity contribution in [1.82, 2.24) is 0 Å². The highest BCUT2D eigenvalue weighted by Gasteiger charge is 2.30. The Morgan fingerprint density at radius 3 is 2.15 bits per heavy atom. The summed E-state index contributed by atoms with van der Waals surface area (Å²) in [4.78, 5) is 26.1. The molecule has 0 aliphatic carbocycles. The van der Waals surface area contributed by atoms with Gasteiger partial charge in [-0.2, -0.15) is 0 Å². The maximum Gasteiger partial charge on any atom is 0.342 e. The molecule has 0 aliphatic heterocycles. The molecular weight excluding hydrogens is 362 g/mol. The van der Waals surface area contributed by atoms with Crippen molar-refractivity contribution in [2.45, 2.75) is 34.1 Å².